The van der Waals surface area contributed by atoms with E-state index in [-0.39, 0.29) is 0 Å². The summed E-state index contributed by atoms with van der Waals surface area (Å²) in [5.74, 6) is 1.56. The molecule has 0 unspecified atom stereocenters. The molecule has 0 fully saturated rings. The van der Waals surface area contributed by atoms with Gasteiger partial charge < -0.3 is 18.0 Å². The lowest BCUT2D eigenvalue weighted by Gasteiger charge is -2.21. The molecule has 0 aliphatic carbocycles. The maximum Gasteiger partial charge on any atom is 0.164 e. The molecular weight excluding hydrogens is 1070 g/mol. The van der Waals surface area contributed by atoms with E-state index in [1.54, 1.807) is 0 Å². The highest BCUT2D eigenvalue weighted by molar-refractivity contribution is 6.14. The second-order valence-electron chi connectivity index (χ2n) is 22.7. The van der Waals surface area contributed by atoms with E-state index in [1.807, 2.05) is 36.4 Å². The Morgan fingerprint density at radius 1 is 0.216 bits per heavy atom. The number of hydrogen-bond acceptors (Lipinski definition) is 5. The molecule has 0 atom stereocenters. The summed E-state index contributed by atoms with van der Waals surface area (Å²) in [4.78, 5) is 16.2. The van der Waals surface area contributed by atoms with E-state index in [0.717, 1.165) is 138 Å². The number of hydrogen-bond donors (Lipinski definition) is 0. The molecule has 0 N–H and O–H groups in total. The lowest BCUT2D eigenvalue weighted by Crippen LogP contribution is -2.04. The first-order valence-electron chi connectivity index (χ1n) is 29.7. The minimum Gasteiger partial charge on any atom is -0.456 e. The number of fused-ring (bicyclic) bond motifs is 12. The molecule has 0 saturated heterocycles. The predicted molar refractivity (Wildman–Crippen MR) is 361 cm³/mol. The molecule has 7 nitrogen and oxygen atoms in total. The van der Waals surface area contributed by atoms with E-state index in [0.29, 0.717) is 17.5 Å². The first-order valence-corrected chi connectivity index (χ1v) is 29.7. The van der Waals surface area contributed by atoms with Crippen molar-refractivity contribution >= 4 is 87.5 Å². The zero-order valence-corrected chi connectivity index (χ0v) is 47.3. The zero-order valence-electron chi connectivity index (χ0n) is 47.3. The summed E-state index contributed by atoms with van der Waals surface area (Å²) in [5, 5.41) is 8.88. The molecule has 0 saturated carbocycles. The number of para-hydroxylation sites is 4. The summed E-state index contributed by atoms with van der Waals surface area (Å²) in [7, 11) is 0. The van der Waals surface area contributed by atoms with Gasteiger partial charge in [0.15, 0.2) is 17.5 Å². The van der Waals surface area contributed by atoms with E-state index in [1.165, 1.54) is 21.9 Å². The molecular formula is C81H49N5O2. The molecule has 0 amide bonds. The third-order valence-electron chi connectivity index (χ3n) is 17.6. The average molecular weight is 1120 g/mol. The highest BCUT2D eigenvalue weighted by Gasteiger charge is 2.25. The maximum atomic E-state index is 6.48. The molecule has 0 bridgehead atoms. The number of rotatable bonds is 9. The second kappa shape index (κ2) is 19.8. The molecule has 0 aliphatic rings. The van der Waals surface area contributed by atoms with Crippen LogP contribution in [0, 0.1) is 0 Å². The third-order valence-corrected chi connectivity index (χ3v) is 17.6. The van der Waals surface area contributed by atoms with Gasteiger partial charge in [0.2, 0.25) is 0 Å². The Morgan fingerprint density at radius 2 is 0.614 bits per heavy atom. The van der Waals surface area contributed by atoms with Gasteiger partial charge in [-0.25, -0.2) is 15.0 Å². The summed E-state index contributed by atoms with van der Waals surface area (Å²) >= 11 is 0. The van der Waals surface area contributed by atoms with Gasteiger partial charge in [0.05, 0.1) is 27.8 Å². The Balaban J connectivity index is 0.903. The summed E-state index contributed by atoms with van der Waals surface area (Å²) in [6.45, 7) is 0. The fourth-order valence-corrected chi connectivity index (χ4v) is 13.5. The van der Waals surface area contributed by atoms with Crippen molar-refractivity contribution in [2.45, 2.75) is 0 Å². The molecule has 0 radical (unpaired) electrons. The van der Waals surface area contributed by atoms with Gasteiger partial charge >= 0.3 is 0 Å². The molecule has 18 aromatic rings. The van der Waals surface area contributed by atoms with Crippen molar-refractivity contribution in [3.05, 3.63) is 297 Å². The van der Waals surface area contributed by atoms with Crippen LogP contribution in [0.4, 0.5) is 0 Å². The first-order chi connectivity index (χ1) is 43.6. The monoisotopic (exact) mass is 1120 g/mol. The van der Waals surface area contributed by atoms with Crippen LogP contribution in [0.25, 0.3) is 178 Å². The Labute approximate surface area is 504 Å². The lowest BCUT2D eigenvalue weighted by molar-refractivity contribution is 0.668. The third kappa shape index (κ3) is 8.02. The number of furan rings is 2. The van der Waals surface area contributed by atoms with Crippen LogP contribution in [0.1, 0.15) is 0 Å². The molecule has 7 heteroatoms. The van der Waals surface area contributed by atoms with Gasteiger partial charge in [-0.15, -0.1) is 0 Å². The minimum atomic E-state index is 0.519. The van der Waals surface area contributed by atoms with E-state index < -0.39 is 0 Å². The number of nitrogens with zero attached hydrogens (tertiary/aromatic N) is 5. The van der Waals surface area contributed by atoms with Crippen LogP contribution in [-0.4, -0.2) is 24.1 Å². The molecule has 0 spiro atoms. The van der Waals surface area contributed by atoms with Crippen molar-refractivity contribution in [2.75, 3.05) is 0 Å². The zero-order chi connectivity index (χ0) is 57.8. The normalized spacial score (nSPS) is 11.9. The Hall–Kier alpha value is -11.9. The van der Waals surface area contributed by atoms with Gasteiger partial charge in [-0.05, 0) is 130 Å². The fourth-order valence-electron chi connectivity index (χ4n) is 13.5. The van der Waals surface area contributed by atoms with Crippen molar-refractivity contribution < 1.29 is 8.83 Å². The standard InChI is InChI=1S/C81H49N5O2/c1-4-19-50(20-5-1)53-25-18-26-54(43-53)55-37-41-72-68(44-55)69-49-59(85-70-31-14-10-27-60(70)61-28-11-15-32-71(61)85)38-42-73(69)86(72)78-66(51-21-6-2-7-22-51)45-58(46-67(78)52-23-8-3-9-24-52)81-83-79(56-35-39-64-62-29-12-16-33-74(62)87-76(64)47-56)82-80(84-81)57-36-40-65-63-30-13-17-34-75(63)88-77(65)48-57/h1-49H. The van der Waals surface area contributed by atoms with E-state index in [9.17, 15) is 0 Å². The molecule has 410 valence electrons. The Morgan fingerprint density at radius 3 is 1.17 bits per heavy atom. The predicted octanol–water partition coefficient (Wildman–Crippen LogP) is 21.5. The van der Waals surface area contributed by atoms with Gasteiger partial charge in [-0.1, -0.05) is 200 Å². The topological polar surface area (TPSA) is 74.8 Å². The Kier molecular flexibility index (Phi) is 11.2. The van der Waals surface area contributed by atoms with Crippen LogP contribution < -0.4 is 0 Å². The molecule has 18 rings (SSSR count). The lowest BCUT2D eigenvalue weighted by atomic mass is 9.92. The highest BCUT2D eigenvalue weighted by atomic mass is 16.3. The summed E-state index contributed by atoms with van der Waals surface area (Å²) in [6, 6.07) is 106. The van der Waals surface area contributed by atoms with E-state index in [2.05, 4.69) is 270 Å². The largest absolute Gasteiger partial charge is 0.456 e. The maximum absolute atomic E-state index is 6.48. The minimum absolute atomic E-state index is 0.519. The molecule has 5 heterocycles. The van der Waals surface area contributed by atoms with E-state index >= 15 is 0 Å². The fraction of sp³-hybridized carbons (Fsp3) is 0. The molecule has 0 aliphatic heterocycles. The van der Waals surface area contributed by atoms with Crippen LogP contribution in [0.2, 0.25) is 0 Å². The van der Waals surface area contributed by atoms with Gasteiger partial charge in [0, 0.05) is 76.6 Å². The highest BCUT2D eigenvalue weighted by Crippen LogP contribution is 2.46. The quantitative estimate of drug-likeness (QED) is 0.144. The SMILES string of the molecule is c1ccc(-c2cccc(-c3ccc4c(c3)c3cc(-n5c6ccccc6c6ccccc65)ccc3n4-c3c(-c4ccccc4)cc(-c4nc(-c5ccc6c(c5)oc5ccccc56)nc(-c5ccc6c(c5)oc5ccccc56)n4)cc3-c3ccccc3)c2)cc1. The molecule has 88 heavy (non-hydrogen) atoms. The van der Waals surface area contributed by atoms with Crippen molar-refractivity contribution in [3.8, 4) is 90.0 Å². The van der Waals surface area contributed by atoms with Gasteiger partial charge in [0.25, 0.3) is 0 Å². The van der Waals surface area contributed by atoms with Crippen LogP contribution in [0.5, 0.6) is 0 Å². The summed E-state index contributed by atoms with van der Waals surface area (Å²) < 4.78 is 17.9. The van der Waals surface area contributed by atoms with Gasteiger partial charge in [0.1, 0.15) is 22.3 Å². The average Bonchev–Trinajstić information content (AvgIpc) is 1.87. The molecule has 5 aromatic heterocycles. The first kappa shape index (κ1) is 49.5. The van der Waals surface area contributed by atoms with Crippen LogP contribution >= 0.6 is 0 Å². The summed E-state index contributed by atoms with van der Waals surface area (Å²) in [5.41, 5.74) is 20.9. The van der Waals surface area contributed by atoms with Crippen LogP contribution in [0.3, 0.4) is 0 Å². The van der Waals surface area contributed by atoms with Crippen LogP contribution in [-0.2, 0) is 0 Å². The van der Waals surface area contributed by atoms with Crippen molar-refractivity contribution in [3.63, 3.8) is 0 Å². The second-order valence-corrected chi connectivity index (χ2v) is 22.7. The van der Waals surface area contributed by atoms with Crippen molar-refractivity contribution in [1.29, 1.82) is 0 Å². The van der Waals surface area contributed by atoms with Crippen molar-refractivity contribution in [2.24, 2.45) is 0 Å². The van der Waals surface area contributed by atoms with Gasteiger partial charge in [-0.2, -0.15) is 0 Å². The van der Waals surface area contributed by atoms with E-state index in [4.69, 9.17) is 23.8 Å². The molecule has 13 aromatic carbocycles. The van der Waals surface area contributed by atoms with Gasteiger partial charge in [-0.3, -0.25) is 0 Å². The number of benzene rings is 13. The van der Waals surface area contributed by atoms with Crippen LogP contribution in [0.15, 0.2) is 306 Å². The number of aromatic nitrogens is 5. The smallest absolute Gasteiger partial charge is 0.164 e. The Bertz CT molecular complexity index is 5570. The van der Waals surface area contributed by atoms with Crippen molar-refractivity contribution in [1.82, 2.24) is 24.1 Å². The summed E-state index contributed by atoms with van der Waals surface area (Å²) in [6.07, 6.45) is 0.